The molecule has 0 aromatic rings. The Bertz CT molecular complexity index is 244. The first kappa shape index (κ1) is 16.8. The molecule has 2 amide bonds. The van der Waals surface area contributed by atoms with Crippen LogP contribution in [0.2, 0.25) is 0 Å². The van der Waals surface area contributed by atoms with Gasteiger partial charge >= 0.3 is 0 Å². The quantitative estimate of drug-likeness (QED) is 0.698. The van der Waals surface area contributed by atoms with Crippen LogP contribution in [-0.2, 0) is 9.59 Å². The molecule has 0 atom stereocenters. The molecule has 92 valence electrons. The summed E-state index contributed by atoms with van der Waals surface area (Å²) in [4.78, 5) is 20.5. The molecule has 0 radical (unpaired) electrons. The van der Waals surface area contributed by atoms with Crippen molar-refractivity contribution in [3.8, 4) is 0 Å². The van der Waals surface area contributed by atoms with Gasteiger partial charge in [0.1, 0.15) is 0 Å². The zero-order chi connectivity index (χ0) is 13.1. The number of nitrogens with two attached hydrogens (primary N) is 1. The summed E-state index contributed by atoms with van der Waals surface area (Å²) in [6.45, 7) is 12.3. The molecule has 4 nitrogen and oxygen atoms in total. The number of hydrogen-bond acceptors (Lipinski definition) is 2. The Balaban J connectivity index is 0. The van der Waals surface area contributed by atoms with Gasteiger partial charge in [0.05, 0.1) is 0 Å². The Morgan fingerprint density at radius 3 is 1.94 bits per heavy atom. The summed E-state index contributed by atoms with van der Waals surface area (Å²) >= 11 is 0. The van der Waals surface area contributed by atoms with Crippen LogP contribution in [0, 0.1) is 0 Å². The fourth-order valence-electron chi connectivity index (χ4n) is 0.753. The van der Waals surface area contributed by atoms with Crippen molar-refractivity contribution in [1.29, 1.82) is 0 Å². The van der Waals surface area contributed by atoms with E-state index >= 15 is 0 Å². The molecular weight excluding hydrogens is 204 g/mol. The Labute approximate surface area is 97.6 Å². The zero-order valence-corrected chi connectivity index (χ0v) is 10.4. The fraction of sp³-hybridized carbons (Fsp3) is 0.500. The largest absolute Gasteiger partial charge is 0.366 e. The average molecular weight is 226 g/mol. The smallest absolute Gasteiger partial charge is 0.243 e. The van der Waals surface area contributed by atoms with Crippen LogP contribution < -0.4 is 11.1 Å². The second-order valence-electron chi connectivity index (χ2n) is 3.37. The number of carbonyl (C=O) groups excluding carboxylic acids is 2. The Morgan fingerprint density at radius 1 is 1.38 bits per heavy atom. The third-order valence-corrected chi connectivity index (χ3v) is 1.94. The lowest BCUT2D eigenvalue weighted by molar-refractivity contribution is -0.117. The summed E-state index contributed by atoms with van der Waals surface area (Å²) in [7, 11) is 0. The number of nitrogens with one attached hydrogen (secondary N) is 1. The van der Waals surface area contributed by atoms with E-state index in [1.807, 2.05) is 0 Å². The minimum atomic E-state index is -0.435. The molecule has 0 aromatic heterocycles. The highest BCUT2D eigenvalue weighted by molar-refractivity contribution is 5.90. The van der Waals surface area contributed by atoms with E-state index in [2.05, 4.69) is 32.3 Å². The number of amides is 2. The lowest BCUT2D eigenvalue weighted by atomic mass is 10.2. The molecule has 4 heteroatoms. The predicted octanol–water partition coefficient (Wildman–Crippen LogP) is 1.52. The van der Waals surface area contributed by atoms with Crippen LogP contribution in [0.15, 0.2) is 24.8 Å². The van der Waals surface area contributed by atoms with E-state index in [-0.39, 0.29) is 5.91 Å². The Kier molecular flexibility index (Phi) is 10.5. The van der Waals surface area contributed by atoms with E-state index in [4.69, 9.17) is 5.73 Å². The van der Waals surface area contributed by atoms with Gasteiger partial charge in [0.2, 0.25) is 11.8 Å². The topological polar surface area (TPSA) is 72.2 Å². The van der Waals surface area contributed by atoms with Crippen LogP contribution >= 0.6 is 0 Å². The number of carbonyl (C=O) groups is 2. The van der Waals surface area contributed by atoms with Crippen molar-refractivity contribution in [2.75, 3.05) is 0 Å². The molecule has 0 unspecified atom stereocenters. The first-order valence-corrected chi connectivity index (χ1v) is 5.27. The monoisotopic (exact) mass is 226 g/mol. The maximum absolute atomic E-state index is 10.7. The number of primary amides is 1. The van der Waals surface area contributed by atoms with Crippen molar-refractivity contribution in [3.05, 3.63) is 24.8 Å². The summed E-state index contributed by atoms with van der Waals surface area (Å²) in [5.74, 6) is -0.510. The average Bonchev–Trinajstić information content (AvgIpc) is 2.26. The van der Waals surface area contributed by atoms with E-state index in [9.17, 15) is 9.59 Å². The molecule has 0 aliphatic carbocycles. The van der Waals surface area contributed by atoms with Gasteiger partial charge in [0, 0.05) is 11.6 Å². The van der Waals surface area contributed by atoms with Gasteiger partial charge < -0.3 is 11.1 Å². The summed E-state index contributed by atoms with van der Waals surface area (Å²) in [5.41, 5.74) is 5.09. The van der Waals surface area contributed by atoms with Crippen LogP contribution in [0.25, 0.3) is 0 Å². The van der Waals surface area contributed by atoms with E-state index < -0.39 is 5.91 Å². The molecule has 0 aromatic carbocycles. The molecule has 0 bridgehead atoms. The highest BCUT2D eigenvalue weighted by atomic mass is 16.1. The second kappa shape index (κ2) is 9.96. The molecule has 0 spiro atoms. The predicted molar refractivity (Wildman–Crippen MR) is 66.7 cm³/mol. The van der Waals surface area contributed by atoms with Gasteiger partial charge in [-0.2, -0.15) is 0 Å². The Hall–Kier alpha value is -1.58. The van der Waals surface area contributed by atoms with Crippen LogP contribution in [0.1, 0.15) is 33.6 Å². The summed E-state index contributed by atoms with van der Waals surface area (Å²) in [6, 6.07) is 0.311. The van der Waals surface area contributed by atoms with Gasteiger partial charge in [-0.25, -0.2) is 0 Å². The van der Waals surface area contributed by atoms with Gasteiger partial charge in [-0.1, -0.05) is 27.0 Å². The summed E-state index contributed by atoms with van der Waals surface area (Å²) in [5, 5.41) is 2.81. The number of rotatable bonds is 5. The van der Waals surface area contributed by atoms with Crippen molar-refractivity contribution in [1.82, 2.24) is 5.32 Å². The van der Waals surface area contributed by atoms with E-state index in [1.54, 1.807) is 6.92 Å². The maximum Gasteiger partial charge on any atom is 0.243 e. The van der Waals surface area contributed by atoms with Gasteiger partial charge in [-0.15, -0.1) is 0 Å². The lowest BCUT2D eigenvalue weighted by Crippen LogP contribution is -2.32. The van der Waals surface area contributed by atoms with Gasteiger partial charge in [-0.3, -0.25) is 9.59 Å². The van der Waals surface area contributed by atoms with Gasteiger partial charge in [0.25, 0.3) is 0 Å². The van der Waals surface area contributed by atoms with Crippen molar-refractivity contribution < 1.29 is 9.59 Å². The highest BCUT2D eigenvalue weighted by Gasteiger charge is 2.03. The summed E-state index contributed by atoms with van der Waals surface area (Å²) < 4.78 is 0. The minimum Gasteiger partial charge on any atom is -0.366 e. The van der Waals surface area contributed by atoms with Crippen molar-refractivity contribution in [2.45, 2.75) is 39.7 Å². The molecule has 0 aliphatic heterocycles. The Morgan fingerprint density at radius 2 is 1.75 bits per heavy atom. The second-order valence-corrected chi connectivity index (χ2v) is 3.37. The van der Waals surface area contributed by atoms with Crippen LogP contribution in [0.3, 0.4) is 0 Å². The van der Waals surface area contributed by atoms with E-state index in [0.717, 1.165) is 12.8 Å². The zero-order valence-electron chi connectivity index (χ0n) is 10.4. The van der Waals surface area contributed by atoms with Crippen molar-refractivity contribution in [3.63, 3.8) is 0 Å². The van der Waals surface area contributed by atoms with Crippen molar-refractivity contribution in [2.24, 2.45) is 5.73 Å². The molecule has 0 fully saturated rings. The van der Waals surface area contributed by atoms with Crippen LogP contribution in [0.5, 0.6) is 0 Å². The fourth-order valence-corrected chi connectivity index (χ4v) is 0.753. The molecule has 0 aliphatic rings. The van der Waals surface area contributed by atoms with Crippen molar-refractivity contribution >= 4 is 11.8 Å². The molecule has 0 saturated heterocycles. The first-order valence-electron chi connectivity index (χ1n) is 5.27. The normalized spacial score (nSPS) is 8.75. The molecule has 3 N–H and O–H groups in total. The molecule has 0 rings (SSSR count). The SMILES string of the molecule is C=C(C)C(N)=O.C=CC(=O)NC(CC)CC. The minimum absolute atomic E-state index is 0.0753. The molecule has 0 heterocycles. The summed E-state index contributed by atoms with van der Waals surface area (Å²) in [6.07, 6.45) is 3.27. The number of hydrogen-bond donors (Lipinski definition) is 2. The van der Waals surface area contributed by atoms with Gasteiger partial charge in [0.15, 0.2) is 0 Å². The molecule has 16 heavy (non-hydrogen) atoms. The van der Waals surface area contributed by atoms with Crippen LogP contribution in [-0.4, -0.2) is 17.9 Å². The molecular formula is C12H22N2O2. The standard InChI is InChI=1S/C8H15NO.C4H7NO/c1-4-7(5-2)9-8(10)6-3;1-3(2)4(5)6/h6-7H,3-5H2,1-2H3,(H,9,10);1H2,2H3,(H2,5,6). The third kappa shape index (κ3) is 10.5. The third-order valence-electron chi connectivity index (χ3n) is 1.94. The first-order chi connectivity index (χ1) is 7.38. The highest BCUT2D eigenvalue weighted by Crippen LogP contribution is 1.94. The molecule has 0 saturated carbocycles. The van der Waals surface area contributed by atoms with Crippen LogP contribution in [0.4, 0.5) is 0 Å². The van der Waals surface area contributed by atoms with E-state index in [0.29, 0.717) is 11.6 Å². The van der Waals surface area contributed by atoms with E-state index in [1.165, 1.54) is 6.08 Å². The van der Waals surface area contributed by atoms with Gasteiger partial charge in [-0.05, 0) is 25.8 Å². The maximum atomic E-state index is 10.7. The lowest BCUT2D eigenvalue weighted by Gasteiger charge is -2.12.